The predicted octanol–water partition coefficient (Wildman–Crippen LogP) is -0.418. The van der Waals surface area contributed by atoms with Crippen LogP contribution in [0, 0.1) is 11.8 Å². The monoisotopic (exact) mass is 986 g/mol. The Hall–Kier alpha value is -7.40. The van der Waals surface area contributed by atoms with Crippen LogP contribution in [-0.2, 0) is 68.8 Å². The van der Waals surface area contributed by atoms with E-state index in [-0.39, 0.29) is 39.0 Å². The molecule has 8 amide bonds. The number of alkyl carbamates (subject to hydrolysis) is 1. The SMILES string of the molecule is C=CCOC(=O)CNC(=O)C(=O)C(CCC)NC(=O)C1CC(NC(=O)OCc2ccccc2)CN1C(=O)C(NC(=O)C(NC(=O)C(CCC(=O)O)NC(=O)C(CCC(=O)O)NC(C)=O)C(C)C)C(C)C. The highest BCUT2D eigenvalue weighted by Gasteiger charge is 2.45. The normalized spacial score (nSPS) is 16.2. The van der Waals surface area contributed by atoms with Gasteiger partial charge in [-0.25, -0.2) is 4.79 Å². The molecule has 1 fully saturated rings. The molecule has 0 spiro atoms. The Morgan fingerprint density at radius 3 is 1.86 bits per heavy atom. The van der Waals surface area contributed by atoms with Crippen molar-refractivity contribution in [1.29, 1.82) is 0 Å². The number of carboxylic acid groups (broad SMARTS) is 2. The van der Waals surface area contributed by atoms with Gasteiger partial charge >= 0.3 is 24.0 Å². The van der Waals surface area contributed by atoms with Crippen LogP contribution in [0.25, 0.3) is 0 Å². The van der Waals surface area contributed by atoms with Crippen LogP contribution in [0.5, 0.6) is 0 Å². The van der Waals surface area contributed by atoms with E-state index in [0.29, 0.717) is 12.0 Å². The third-order valence-corrected chi connectivity index (χ3v) is 10.7. The van der Waals surface area contributed by atoms with E-state index < -0.39 is 151 Å². The Morgan fingerprint density at radius 1 is 0.743 bits per heavy atom. The molecule has 1 aliphatic rings. The molecular weight excluding hydrogens is 921 g/mol. The molecule has 386 valence electrons. The summed E-state index contributed by atoms with van der Waals surface area (Å²) in [6.07, 6.45) is -1.51. The van der Waals surface area contributed by atoms with Crippen molar-refractivity contribution in [3.63, 3.8) is 0 Å². The van der Waals surface area contributed by atoms with Gasteiger partial charge in [0.15, 0.2) is 0 Å². The van der Waals surface area contributed by atoms with Gasteiger partial charge in [-0.3, -0.25) is 52.7 Å². The predicted molar refractivity (Wildman–Crippen MR) is 246 cm³/mol. The van der Waals surface area contributed by atoms with E-state index in [1.165, 1.54) is 6.08 Å². The molecule has 70 heavy (non-hydrogen) atoms. The molecule has 9 N–H and O–H groups in total. The fraction of sp³-hybridized carbons (Fsp3) is 0.565. The van der Waals surface area contributed by atoms with E-state index in [0.717, 1.165) is 11.8 Å². The number of Topliss-reactive ketones (excluding diaryl/α,β-unsaturated/α-hetero) is 1. The van der Waals surface area contributed by atoms with Gasteiger partial charge in [0.1, 0.15) is 50.0 Å². The number of carbonyl (C=O) groups excluding carboxylic acids is 10. The summed E-state index contributed by atoms with van der Waals surface area (Å²) in [5.74, 6) is -12.4. The summed E-state index contributed by atoms with van der Waals surface area (Å²) >= 11 is 0. The minimum atomic E-state index is -1.60. The highest BCUT2D eigenvalue weighted by molar-refractivity contribution is 6.38. The summed E-state index contributed by atoms with van der Waals surface area (Å²) in [6.45, 7) is 11.3. The van der Waals surface area contributed by atoms with Crippen molar-refractivity contribution in [3.05, 3.63) is 48.6 Å². The van der Waals surface area contributed by atoms with Gasteiger partial charge in [0, 0.05) is 26.3 Å². The summed E-state index contributed by atoms with van der Waals surface area (Å²) in [4.78, 5) is 157. The van der Waals surface area contributed by atoms with Crippen LogP contribution in [0.15, 0.2) is 43.0 Å². The standard InChI is InChI=1S/C46H66N8O16/c1-8-13-30(39(61)44(66)47-22-36(60)69-20-9-2)50-42(64)33-21-29(49-46(68)70-24-28-14-11-10-12-15-28)23-54(33)45(67)38(26(5)6)53-43(65)37(25(3)4)52-41(63)32(17-19-35(58)59)51-40(62)31(48-27(7)55)16-18-34(56)57/h9-12,14-15,25-26,29-33,37-38H,2,8,13,16-24H2,1,3-7H3,(H,47,66)(H,48,55)(H,49,68)(H,50,64)(H,51,62)(H,52,63)(H,53,65)(H,56,57)(H,58,59). The van der Waals surface area contributed by atoms with Gasteiger partial charge in [0.25, 0.3) is 5.91 Å². The molecule has 0 aromatic heterocycles. The van der Waals surface area contributed by atoms with Crippen molar-refractivity contribution in [2.45, 2.75) is 135 Å². The number of nitrogens with zero attached hydrogens (tertiary/aromatic N) is 1. The largest absolute Gasteiger partial charge is 0.481 e. The van der Waals surface area contributed by atoms with Gasteiger partial charge in [0.2, 0.25) is 41.2 Å². The van der Waals surface area contributed by atoms with Crippen LogP contribution < -0.4 is 37.2 Å². The molecular formula is C46H66N8O16. The van der Waals surface area contributed by atoms with Crippen LogP contribution in [0.2, 0.25) is 0 Å². The molecule has 0 radical (unpaired) electrons. The van der Waals surface area contributed by atoms with Crippen molar-refractivity contribution in [2.75, 3.05) is 19.7 Å². The van der Waals surface area contributed by atoms with Crippen LogP contribution in [0.4, 0.5) is 4.79 Å². The first-order valence-corrected chi connectivity index (χ1v) is 22.8. The molecule has 24 heteroatoms. The molecule has 0 aliphatic carbocycles. The zero-order valence-electron chi connectivity index (χ0n) is 40.2. The average Bonchev–Trinajstić information content (AvgIpc) is 3.73. The highest BCUT2D eigenvalue weighted by Crippen LogP contribution is 2.23. The summed E-state index contributed by atoms with van der Waals surface area (Å²) in [6, 6.07) is -0.816. The van der Waals surface area contributed by atoms with Crippen molar-refractivity contribution >= 4 is 71.1 Å². The first-order chi connectivity index (χ1) is 33.0. The summed E-state index contributed by atoms with van der Waals surface area (Å²) in [5, 5.41) is 35.6. The zero-order valence-corrected chi connectivity index (χ0v) is 40.2. The van der Waals surface area contributed by atoms with Gasteiger partial charge in [-0.05, 0) is 43.1 Å². The zero-order chi connectivity index (χ0) is 52.7. The fourth-order valence-electron chi connectivity index (χ4n) is 7.11. The molecule has 0 bridgehead atoms. The molecule has 1 heterocycles. The number of benzene rings is 1. The second kappa shape index (κ2) is 29.5. The molecule has 0 saturated carbocycles. The molecule has 7 atom stereocenters. The Labute approximate surface area is 405 Å². The first kappa shape index (κ1) is 58.7. The van der Waals surface area contributed by atoms with E-state index >= 15 is 0 Å². The topological polar surface area (TPSA) is 351 Å². The number of amides is 8. The van der Waals surface area contributed by atoms with Crippen LogP contribution in [-0.4, -0.2) is 148 Å². The maximum atomic E-state index is 14.6. The number of aliphatic carboxylic acids is 2. The lowest BCUT2D eigenvalue weighted by atomic mass is 9.98. The van der Waals surface area contributed by atoms with Crippen LogP contribution in [0.3, 0.4) is 0 Å². The van der Waals surface area contributed by atoms with Gasteiger partial charge in [-0.1, -0.05) is 84.0 Å². The fourth-order valence-corrected chi connectivity index (χ4v) is 7.11. The maximum absolute atomic E-state index is 14.6. The van der Waals surface area contributed by atoms with Crippen LogP contribution >= 0.6 is 0 Å². The summed E-state index contributed by atoms with van der Waals surface area (Å²) in [7, 11) is 0. The van der Waals surface area contributed by atoms with Crippen LogP contribution in [0.1, 0.15) is 92.1 Å². The highest BCUT2D eigenvalue weighted by atomic mass is 16.5. The Bertz CT molecular complexity index is 2060. The van der Waals surface area contributed by atoms with Gasteiger partial charge in [0.05, 0.1) is 12.1 Å². The molecule has 1 saturated heterocycles. The number of likely N-dealkylation sites (tertiary alicyclic amines) is 1. The van der Waals surface area contributed by atoms with Gasteiger partial charge in [-0.15, -0.1) is 0 Å². The van der Waals surface area contributed by atoms with E-state index in [2.05, 4.69) is 43.8 Å². The number of nitrogens with one attached hydrogen (secondary N) is 7. The Morgan fingerprint density at radius 2 is 1.31 bits per heavy atom. The second-order valence-corrected chi connectivity index (χ2v) is 17.2. The van der Waals surface area contributed by atoms with E-state index in [9.17, 15) is 62.6 Å². The minimum Gasteiger partial charge on any atom is -0.481 e. The number of carboxylic acids is 2. The van der Waals surface area contributed by atoms with Crippen molar-refractivity contribution in [3.8, 4) is 0 Å². The number of ketones is 1. The first-order valence-electron chi connectivity index (χ1n) is 22.8. The molecule has 7 unspecified atom stereocenters. The van der Waals surface area contributed by atoms with E-state index in [1.807, 2.05) is 0 Å². The summed E-state index contributed by atoms with van der Waals surface area (Å²) in [5.41, 5.74) is 0.679. The number of hydrogen-bond donors (Lipinski definition) is 9. The number of ether oxygens (including phenoxy) is 2. The Kier molecular flexibility index (Phi) is 24.7. The molecule has 1 aromatic carbocycles. The number of hydrogen-bond acceptors (Lipinski definition) is 14. The molecule has 1 aliphatic heterocycles. The average molecular weight is 987 g/mol. The van der Waals surface area contributed by atoms with Crippen molar-refractivity contribution < 1.29 is 77.2 Å². The van der Waals surface area contributed by atoms with Gasteiger partial charge < -0.3 is 61.8 Å². The second-order valence-electron chi connectivity index (χ2n) is 17.2. The summed E-state index contributed by atoms with van der Waals surface area (Å²) < 4.78 is 10.2. The van der Waals surface area contributed by atoms with Crippen molar-refractivity contribution in [1.82, 2.24) is 42.1 Å². The van der Waals surface area contributed by atoms with E-state index in [4.69, 9.17) is 14.6 Å². The smallest absolute Gasteiger partial charge is 0.407 e. The molecule has 1 aromatic rings. The van der Waals surface area contributed by atoms with E-state index in [1.54, 1.807) is 65.0 Å². The lowest BCUT2D eigenvalue weighted by molar-refractivity contribution is -0.146. The number of rotatable bonds is 29. The Balaban J connectivity index is 2.43. The lowest BCUT2D eigenvalue weighted by Gasteiger charge is -2.33. The molecule has 2 rings (SSSR count). The third kappa shape index (κ3) is 20.1. The minimum absolute atomic E-state index is 0.0263. The third-order valence-electron chi connectivity index (χ3n) is 10.7. The molecule has 24 nitrogen and oxygen atoms in total. The number of carbonyl (C=O) groups is 12. The maximum Gasteiger partial charge on any atom is 0.407 e. The van der Waals surface area contributed by atoms with Gasteiger partial charge in [-0.2, -0.15) is 0 Å². The van der Waals surface area contributed by atoms with Crippen molar-refractivity contribution in [2.24, 2.45) is 11.8 Å². The quantitative estimate of drug-likeness (QED) is 0.0280. The number of esters is 1. The lowest BCUT2D eigenvalue weighted by Crippen LogP contribution is -2.61.